The van der Waals surface area contributed by atoms with Gasteiger partial charge in [-0.05, 0) is 46.2 Å². The molecule has 0 saturated carbocycles. The number of hydrogen-bond acceptors (Lipinski definition) is 2. The van der Waals surface area contributed by atoms with Crippen LogP contribution in [0.15, 0.2) is 84.9 Å². The maximum Gasteiger partial charge on any atom is 0.244 e. The molecule has 0 aromatic heterocycles. The van der Waals surface area contributed by atoms with Crippen LogP contribution in [0.5, 0.6) is 0 Å². The number of carbonyl (C=O) groups excluding carboxylic acids is 1. The summed E-state index contributed by atoms with van der Waals surface area (Å²) in [5.41, 5.74) is 2.12. The van der Waals surface area contributed by atoms with Gasteiger partial charge in [-0.3, -0.25) is 4.79 Å². The first-order valence-corrected chi connectivity index (χ1v) is 9.59. The van der Waals surface area contributed by atoms with Gasteiger partial charge in [-0.25, -0.2) is 0 Å². The minimum atomic E-state index is -0.305. The van der Waals surface area contributed by atoms with Crippen molar-refractivity contribution in [2.24, 2.45) is 0 Å². The van der Waals surface area contributed by atoms with E-state index in [1.807, 2.05) is 50.4 Å². The lowest BCUT2D eigenvalue weighted by atomic mass is 10.0. The van der Waals surface area contributed by atoms with Gasteiger partial charge in [-0.2, -0.15) is 0 Å². The minimum Gasteiger partial charge on any atom is -0.374 e. The van der Waals surface area contributed by atoms with Crippen molar-refractivity contribution < 1.29 is 4.79 Å². The van der Waals surface area contributed by atoms with Crippen LogP contribution in [-0.4, -0.2) is 23.9 Å². The number of fused-ring (bicyclic) bond motifs is 2. The highest BCUT2D eigenvalue weighted by atomic mass is 16.2. The summed E-state index contributed by atoms with van der Waals surface area (Å²) in [5.74, 6) is 0.0705. The van der Waals surface area contributed by atoms with Gasteiger partial charge in [0.2, 0.25) is 5.91 Å². The fourth-order valence-corrected chi connectivity index (χ4v) is 3.69. The molecule has 3 nitrogen and oxygen atoms in total. The summed E-state index contributed by atoms with van der Waals surface area (Å²) in [5, 5.41) is 8.10. The van der Waals surface area contributed by atoms with Gasteiger partial charge in [-0.15, -0.1) is 0 Å². The van der Waals surface area contributed by atoms with Crippen molar-refractivity contribution in [2.45, 2.75) is 19.5 Å². The Morgan fingerprint density at radius 2 is 1.54 bits per heavy atom. The van der Waals surface area contributed by atoms with Crippen LogP contribution in [0, 0.1) is 0 Å². The number of amides is 1. The molecule has 0 fully saturated rings. The highest BCUT2D eigenvalue weighted by molar-refractivity contribution is 5.89. The van der Waals surface area contributed by atoms with Crippen LogP contribution in [0.25, 0.3) is 21.5 Å². The number of hydrogen-bond donors (Lipinski definition) is 1. The Hall–Kier alpha value is -3.33. The molecular formula is C25H24N2O. The lowest BCUT2D eigenvalue weighted by Crippen LogP contribution is -2.38. The summed E-state index contributed by atoms with van der Waals surface area (Å²) in [6, 6.07) is 28.6. The lowest BCUT2D eigenvalue weighted by Gasteiger charge is -2.23. The molecule has 0 spiro atoms. The molecule has 3 heteroatoms. The summed E-state index contributed by atoms with van der Waals surface area (Å²) >= 11 is 0. The van der Waals surface area contributed by atoms with Crippen LogP contribution >= 0.6 is 0 Å². The molecule has 1 N–H and O–H groups in total. The van der Waals surface area contributed by atoms with Gasteiger partial charge in [0.1, 0.15) is 6.04 Å². The van der Waals surface area contributed by atoms with E-state index in [4.69, 9.17) is 0 Å². The fourth-order valence-electron chi connectivity index (χ4n) is 3.69. The second-order valence-electron chi connectivity index (χ2n) is 7.26. The van der Waals surface area contributed by atoms with Gasteiger partial charge >= 0.3 is 0 Å². The molecule has 140 valence electrons. The molecule has 0 unspecified atom stereocenters. The smallest absolute Gasteiger partial charge is 0.244 e. The summed E-state index contributed by atoms with van der Waals surface area (Å²) in [6.45, 7) is 2.50. The average molecular weight is 368 g/mol. The average Bonchev–Trinajstić information content (AvgIpc) is 2.73. The molecule has 1 atom stereocenters. The van der Waals surface area contributed by atoms with Crippen molar-refractivity contribution in [1.82, 2.24) is 4.90 Å². The summed E-state index contributed by atoms with van der Waals surface area (Å²) in [7, 11) is 1.86. The predicted molar refractivity (Wildman–Crippen MR) is 117 cm³/mol. The highest BCUT2D eigenvalue weighted by Gasteiger charge is 2.18. The van der Waals surface area contributed by atoms with Gasteiger partial charge in [0, 0.05) is 19.3 Å². The van der Waals surface area contributed by atoms with Crippen LogP contribution in [-0.2, 0) is 11.3 Å². The van der Waals surface area contributed by atoms with Gasteiger partial charge in [0.15, 0.2) is 0 Å². The van der Waals surface area contributed by atoms with Crippen LogP contribution in [0.1, 0.15) is 12.5 Å². The lowest BCUT2D eigenvalue weighted by molar-refractivity contribution is -0.130. The molecule has 0 aliphatic heterocycles. The maximum atomic E-state index is 12.9. The molecule has 4 aromatic rings. The first kappa shape index (κ1) is 18.1. The van der Waals surface area contributed by atoms with Gasteiger partial charge in [-0.1, -0.05) is 72.8 Å². The van der Waals surface area contributed by atoms with Crippen LogP contribution in [0.3, 0.4) is 0 Å². The Morgan fingerprint density at radius 1 is 0.857 bits per heavy atom. The van der Waals surface area contributed by atoms with Gasteiger partial charge < -0.3 is 10.2 Å². The Labute approximate surface area is 165 Å². The zero-order valence-corrected chi connectivity index (χ0v) is 16.2. The maximum absolute atomic E-state index is 12.9. The Kier molecular flexibility index (Phi) is 4.98. The van der Waals surface area contributed by atoms with E-state index in [-0.39, 0.29) is 11.9 Å². The molecule has 0 radical (unpaired) electrons. The Bertz CT molecular complexity index is 1130. The Morgan fingerprint density at radius 3 is 2.36 bits per heavy atom. The van der Waals surface area contributed by atoms with Crippen molar-refractivity contribution in [1.29, 1.82) is 0 Å². The molecule has 4 aromatic carbocycles. The van der Waals surface area contributed by atoms with Gasteiger partial charge in [0.25, 0.3) is 0 Å². The standard InChI is InChI=1S/C25H24N2O/c1-18(26-23-15-14-19-8-3-4-10-21(19)16-23)25(28)27(2)17-22-12-7-11-20-9-5-6-13-24(20)22/h3-16,18,26H,17H2,1-2H3/t18-/m0/s1. The molecule has 28 heavy (non-hydrogen) atoms. The molecule has 0 heterocycles. The fraction of sp³-hybridized carbons (Fsp3) is 0.160. The molecule has 4 rings (SSSR count). The zero-order valence-electron chi connectivity index (χ0n) is 16.2. The molecule has 0 bridgehead atoms. The number of nitrogens with zero attached hydrogens (tertiary/aromatic N) is 1. The molecule has 0 aliphatic carbocycles. The van der Waals surface area contributed by atoms with Crippen LogP contribution < -0.4 is 5.32 Å². The summed E-state index contributed by atoms with van der Waals surface area (Å²) < 4.78 is 0. The second-order valence-corrected chi connectivity index (χ2v) is 7.26. The normalized spacial score (nSPS) is 12.1. The molecule has 1 amide bonds. The first-order chi connectivity index (χ1) is 13.6. The topological polar surface area (TPSA) is 32.3 Å². The summed E-state index contributed by atoms with van der Waals surface area (Å²) in [6.07, 6.45) is 0. The SMILES string of the molecule is C[C@H](Nc1ccc2ccccc2c1)C(=O)N(C)Cc1cccc2ccccc12. The van der Waals surface area contributed by atoms with E-state index in [0.29, 0.717) is 6.54 Å². The predicted octanol–water partition coefficient (Wildman–Crippen LogP) is 5.45. The van der Waals surface area contributed by atoms with Crippen molar-refractivity contribution >= 4 is 33.1 Å². The van der Waals surface area contributed by atoms with E-state index < -0.39 is 0 Å². The third kappa shape index (κ3) is 3.70. The number of likely N-dealkylation sites (N-methyl/N-ethyl adjacent to an activating group) is 1. The number of rotatable bonds is 5. The molecular weight excluding hydrogens is 344 g/mol. The molecule has 0 aliphatic rings. The van der Waals surface area contributed by atoms with E-state index in [0.717, 1.165) is 16.6 Å². The highest BCUT2D eigenvalue weighted by Crippen LogP contribution is 2.21. The van der Waals surface area contributed by atoms with E-state index in [2.05, 4.69) is 53.8 Å². The van der Waals surface area contributed by atoms with E-state index in [9.17, 15) is 4.79 Å². The van der Waals surface area contributed by atoms with E-state index >= 15 is 0 Å². The van der Waals surface area contributed by atoms with E-state index in [1.54, 1.807) is 4.90 Å². The van der Waals surface area contributed by atoms with Crippen molar-refractivity contribution in [3.8, 4) is 0 Å². The minimum absolute atomic E-state index is 0.0705. The van der Waals surface area contributed by atoms with E-state index in [1.165, 1.54) is 16.2 Å². The monoisotopic (exact) mass is 368 g/mol. The van der Waals surface area contributed by atoms with Crippen molar-refractivity contribution in [3.63, 3.8) is 0 Å². The largest absolute Gasteiger partial charge is 0.374 e. The second kappa shape index (κ2) is 7.73. The summed E-state index contributed by atoms with van der Waals surface area (Å²) in [4.78, 5) is 14.7. The zero-order chi connectivity index (χ0) is 19.5. The third-order valence-corrected chi connectivity index (χ3v) is 5.17. The number of benzene rings is 4. The number of carbonyl (C=O) groups is 1. The Balaban J connectivity index is 1.48. The number of anilines is 1. The van der Waals surface area contributed by atoms with Crippen LogP contribution in [0.2, 0.25) is 0 Å². The van der Waals surface area contributed by atoms with Crippen molar-refractivity contribution in [3.05, 3.63) is 90.5 Å². The third-order valence-electron chi connectivity index (χ3n) is 5.17. The van der Waals surface area contributed by atoms with Crippen LogP contribution in [0.4, 0.5) is 5.69 Å². The number of nitrogens with one attached hydrogen (secondary N) is 1. The van der Waals surface area contributed by atoms with Crippen molar-refractivity contribution in [2.75, 3.05) is 12.4 Å². The molecule has 0 saturated heterocycles. The van der Waals surface area contributed by atoms with Gasteiger partial charge in [0.05, 0.1) is 0 Å². The first-order valence-electron chi connectivity index (χ1n) is 9.59. The quantitative estimate of drug-likeness (QED) is 0.508.